The highest BCUT2D eigenvalue weighted by atomic mass is 15.1. The Morgan fingerprint density at radius 1 is 0.391 bits per heavy atom. The molecular weight excluding hydrogens is 773 g/mol. The molecular formula is C62H46N2. The molecule has 0 saturated carbocycles. The van der Waals surface area contributed by atoms with Crippen molar-refractivity contribution in [3.63, 3.8) is 0 Å². The van der Waals surface area contributed by atoms with Gasteiger partial charge in [-0.3, -0.25) is 0 Å². The molecule has 0 radical (unpaired) electrons. The molecule has 13 rings (SSSR count). The van der Waals surface area contributed by atoms with Crippen LogP contribution < -0.4 is 4.90 Å². The second-order valence-corrected chi connectivity index (χ2v) is 18.9. The minimum atomic E-state index is -0.151. The summed E-state index contributed by atoms with van der Waals surface area (Å²) in [4.78, 5) is 2.52. The molecule has 2 heteroatoms. The van der Waals surface area contributed by atoms with Crippen LogP contribution in [0, 0.1) is 0 Å². The average Bonchev–Trinajstić information content (AvgIpc) is 3.88. The van der Waals surface area contributed by atoms with Gasteiger partial charge in [0.1, 0.15) is 0 Å². The van der Waals surface area contributed by atoms with Crippen molar-refractivity contribution in [3.8, 4) is 39.1 Å². The lowest BCUT2D eigenvalue weighted by Crippen LogP contribution is -2.16. The fourth-order valence-electron chi connectivity index (χ4n) is 11.7. The van der Waals surface area contributed by atoms with Gasteiger partial charge in [-0.2, -0.15) is 0 Å². The minimum absolute atomic E-state index is 0.142. The number of benzene rings is 10. The maximum absolute atomic E-state index is 2.61. The molecule has 0 unspecified atom stereocenters. The predicted octanol–water partition coefficient (Wildman–Crippen LogP) is 16.8. The van der Waals surface area contributed by atoms with Gasteiger partial charge >= 0.3 is 0 Å². The molecule has 0 saturated heterocycles. The molecule has 2 aliphatic rings. The van der Waals surface area contributed by atoms with Crippen LogP contribution in [0.4, 0.5) is 17.1 Å². The van der Waals surface area contributed by atoms with Crippen molar-refractivity contribution in [2.24, 2.45) is 0 Å². The van der Waals surface area contributed by atoms with Gasteiger partial charge in [0.05, 0.1) is 22.4 Å². The molecule has 2 nitrogen and oxygen atoms in total. The largest absolute Gasteiger partial charge is 0.310 e. The van der Waals surface area contributed by atoms with Gasteiger partial charge in [0.2, 0.25) is 0 Å². The molecule has 0 amide bonds. The molecule has 0 aliphatic heterocycles. The summed E-state index contributed by atoms with van der Waals surface area (Å²) < 4.78 is 2.61. The summed E-state index contributed by atoms with van der Waals surface area (Å²) in [6.07, 6.45) is 0. The number of rotatable bonds is 5. The second-order valence-electron chi connectivity index (χ2n) is 18.9. The zero-order valence-electron chi connectivity index (χ0n) is 36.5. The van der Waals surface area contributed by atoms with Gasteiger partial charge in [-0.25, -0.2) is 0 Å². The molecule has 1 heterocycles. The Morgan fingerprint density at radius 3 is 1.78 bits per heavy atom. The van der Waals surface area contributed by atoms with Gasteiger partial charge in [0, 0.05) is 49.3 Å². The number of fused-ring (bicyclic) bond motifs is 13. The van der Waals surface area contributed by atoms with Gasteiger partial charge in [0.15, 0.2) is 0 Å². The molecule has 0 fully saturated rings. The third-order valence-corrected chi connectivity index (χ3v) is 14.8. The highest BCUT2D eigenvalue weighted by Gasteiger charge is 2.39. The second kappa shape index (κ2) is 13.4. The Labute approximate surface area is 374 Å². The van der Waals surface area contributed by atoms with Gasteiger partial charge in [-0.1, -0.05) is 198 Å². The standard InChI is InChI=1S/C62H46N2/c1-61(2)52-27-15-13-25-49(52)59-53(61)36-35-50-58-48-24-11-10-23-47(48)56(38-57(58)64(60(50)59)55-28-16-20-41-19-8-9-21-44(41)55)63(42-31-29-40(30-32-42)39-17-6-5-7-18-39)43-33-34-46-45-22-12-14-26-51(45)62(3,4)54(46)37-43/h5-38H,1-4H3. The fraction of sp³-hybridized carbons (Fsp3) is 0.0968. The van der Waals surface area contributed by atoms with Gasteiger partial charge in [0.25, 0.3) is 0 Å². The summed E-state index contributed by atoms with van der Waals surface area (Å²) in [5.74, 6) is 0. The van der Waals surface area contributed by atoms with Crippen molar-refractivity contribution in [3.05, 3.63) is 229 Å². The Balaban J connectivity index is 1.16. The maximum Gasteiger partial charge on any atom is 0.0623 e. The van der Waals surface area contributed by atoms with Crippen LogP contribution in [0.15, 0.2) is 206 Å². The van der Waals surface area contributed by atoms with Crippen LogP contribution in [-0.4, -0.2) is 4.57 Å². The van der Waals surface area contributed by atoms with Crippen molar-refractivity contribution in [1.29, 1.82) is 0 Å². The van der Waals surface area contributed by atoms with Crippen LogP contribution in [0.5, 0.6) is 0 Å². The number of aromatic nitrogens is 1. The molecule has 0 N–H and O–H groups in total. The van der Waals surface area contributed by atoms with Crippen LogP contribution in [0.3, 0.4) is 0 Å². The molecule has 64 heavy (non-hydrogen) atoms. The summed E-state index contributed by atoms with van der Waals surface area (Å²) >= 11 is 0. The third-order valence-electron chi connectivity index (χ3n) is 14.8. The fourth-order valence-corrected chi connectivity index (χ4v) is 11.7. The number of anilines is 3. The molecule has 0 bridgehead atoms. The van der Waals surface area contributed by atoms with E-state index in [2.05, 4.69) is 243 Å². The molecule has 0 atom stereocenters. The SMILES string of the molecule is CC1(C)c2ccccc2-c2ccc(N(c3ccc(-c4ccccc4)cc3)c3cc4c(c5ccccc35)c3ccc5c(c3n4-c3cccc4ccccc34)-c3ccccc3C5(C)C)cc21. The first-order chi connectivity index (χ1) is 31.3. The zero-order valence-corrected chi connectivity index (χ0v) is 36.5. The lowest BCUT2D eigenvalue weighted by Gasteiger charge is -2.29. The topological polar surface area (TPSA) is 8.17 Å². The van der Waals surface area contributed by atoms with E-state index in [4.69, 9.17) is 0 Å². The summed E-state index contributed by atoms with van der Waals surface area (Å²) in [6, 6.07) is 77.1. The van der Waals surface area contributed by atoms with Crippen LogP contribution in [-0.2, 0) is 10.8 Å². The normalized spacial score (nSPS) is 14.2. The summed E-state index contributed by atoms with van der Waals surface area (Å²) in [7, 11) is 0. The lowest BCUT2D eigenvalue weighted by molar-refractivity contribution is 0.660. The molecule has 2 aliphatic carbocycles. The zero-order chi connectivity index (χ0) is 42.9. The van der Waals surface area contributed by atoms with Crippen molar-refractivity contribution in [2.45, 2.75) is 38.5 Å². The summed E-state index contributed by atoms with van der Waals surface area (Å²) in [5.41, 5.74) is 19.9. The van der Waals surface area contributed by atoms with Crippen molar-refractivity contribution in [2.75, 3.05) is 4.90 Å². The van der Waals surface area contributed by atoms with E-state index >= 15 is 0 Å². The smallest absolute Gasteiger partial charge is 0.0623 e. The van der Waals surface area contributed by atoms with Crippen LogP contribution in [0.25, 0.3) is 82.4 Å². The molecule has 304 valence electrons. The van der Waals surface area contributed by atoms with E-state index in [1.54, 1.807) is 0 Å². The van der Waals surface area contributed by atoms with E-state index in [-0.39, 0.29) is 10.8 Å². The van der Waals surface area contributed by atoms with Crippen molar-refractivity contribution in [1.82, 2.24) is 4.57 Å². The third kappa shape index (κ3) is 5.08. The van der Waals surface area contributed by atoms with E-state index in [1.165, 1.54) is 105 Å². The minimum Gasteiger partial charge on any atom is -0.310 e. The van der Waals surface area contributed by atoms with E-state index in [0.717, 1.165) is 17.1 Å². The Kier molecular flexibility index (Phi) is 7.74. The average molecular weight is 819 g/mol. The van der Waals surface area contributed by atoms with E-state index < -0.39 is 0 Å². The molecule has 10 aromatic carbocycles. The monoisotopic (exact) mass is 818 g/mol. The van der Waals surface area contributed by atoms with E-state index in [9.17, 15) is 0 Å². The first-order valence-electron chi connectivity index (χ1n) is 22.6. The van der Waals surface area contributed by atoms with Crippen LogP contribution in [0.1, 0.15) is 49.9 Å². The summed E-state index contributed by atoms with van der Waals surface area (Å²) in [6.45, 7) is 9.53. The molecule has 11 aromatic rings. The highest BCUT2D eigenvalue weighted by Crippen LogP contribution is 2.56. The summed E-state index contributed by atoms with van der Waals surface area (Å²) in [5, 5.41) is 7.46. The van der Waals surface area contributed by atoms with Crippen molar-refractivity contribution < 1.29 is 0 Å². The van der Waals surface area contributed by atoms with Gasteiger partial charge in [-0.15, -0.1) is 0 Å². The first-order valence-corrected chi connectivity index (χ1v) is 22.6. The van der Waals surface area contributed by atoms with E-state index in [0.29, 0.717) is 0 Å². The Hall–Kier alpha value is -7.68. The molecule has 1 aromatic heterocycles. The van der Waals surface area contributed by atoms with Crippen LogP contribution in [0.2, 0.25) is 0 Å². The predicted molar refractivity (Wildman–Crippen MR) is 271 cm³/mol. The van der Waals surface area contributed by atoms with Gasteiger partial charge < -0.3 is 9.47 Å². The maximum atomic E-state index is 2.61. The van der Waals surface area contributed by atoms with Crippen LogP contribution >= 0.6 is 0 Å². The number of hydrogen-bond donors (Lipinski definition) is 0. The molecule has 0 spiro atoms. The van der Waals surface area contributed by atoms with Crippen molar-refractivity contribution >= 4 is 60.4 Å². The first kappa shape index (κ1) is 36.9. The Bertz CT molecular complexity index is 3710. The van der Waals surface area contributed by atoms with Gasteiger partial charge in [-0.05, 0) is 97.2 Å². The van der Waals surface area contributed by atoms with E-state index in [1.807, 2.05) is 0 Å². The lowest BCUT2D eigenvalue weighted by atomic mass is 9.82. The Morgan fingerprint density at radius 2 is 0.984 bits per heavy atom. The highest BCUT2D eigenvalue weighted by molar-refractivity contribution is 6.27. The number of nitrogens with zero attached hydrogens (tertiary/aromatic N) is 2. The quantitative estimate of drug-likeness (QED) is 0.168. The number of hydrogen-bond acceptors (Lipinski definition) is 1.